The Morgan fingerprint density at radius 3 is 2.50 bits per heavy atom. The number of fused-ring (bicyclic) bond motifs is 1. The number of benzene rings is 1. The number of nitrogens with zero attached hydrogens (tertiary/aromatic N) is 2. The summed E-state index contributed by atoms with van der Waals surface area (Å²) >= 11 is 0. The molecule has 5 nitrogen and oxygen atoms in total. The second kappa shape index (κ2) is 7.99. The van der Waals surface area contributed by atoms with Crippen molar-refractivity contribution < 1.29 is 4.79 Å². The fourth-order valence-corrected chi connectivity index (χ4v) is 3.01. The van der Waals surface area contributed by atoms with Crippen LogP contribution >= 0.6 is 0 Å². The van der Waals surface area contributed by atoms with E-state index in [9.17, 15) is 9.59 Å². The molecule has 0 fully saturated rings. The maximum atomic E-state index is 12.9. The van der Waals surface area contributed by atoms with E-state index in [0.29, 0.717) is 24.2 Å². The van der Waals surface area contributed by atoms with Gasteiger partial charge >= 0.3 is 0 Å². The number of anilines is 1. The van der Waals surface area contributed by atoms with Gasteiger partial charge < -0.3 is 15.2 Å². The molecule has 1 amide bonds. The van der Waals surface area contributed by atoms with E-state index in [1.165, 1.54) is 0 Å². The second-order valence-electron chi connectivity index (χ2n) is 5.99. The number of aromatic nitrogens is 1. The maximum absolute atomic E-state index is 12.9. The smallest absolute Gasteiger partial charge is 0.259 e. The van der Waals surface area contributed by atoms with Gasteiger partial charge in [-0.1, -0.05) is 25.8 Å². The number of aryl methyl sites for hydroxylation is 1. The lowest BCUT2D eigenvalue weighted by molar-refractivity contribution is 0.0771. The average Bonchev–Trinajstić information content (AvgIpc) is 2.58. The number of unbranched alkanes of at least 4 members (excludes halogenated alkanes) is 2. The van der Waals surface area contributed by atoms with E-state index in [0.717, 1.165) is 31.3 Å². The van der Waals surface area contributed by atoms with Crippen LogP contribution in [-0.2, 0) is 6.54 Å². The SMILES string of the molecule is CCCCCn1cc(C(=O)N(CC)CC)c(=O)c2c(N)cccc21. The predicted octanol–water partition coefficient (Wildman–Crippen LogP) is 3.26. The molecule has 2 rings (SSSR count). The molecule has 0 spiro atoms. The van der Waals surface area contributed by atoms with Gasteiger partial charge in [-0.05, 0) is 32.4 Å². The molecule has 0 unspecified atom stereocenters. The summed E-state index contributed by atoms with van der Waals surface area (Å²) in [4.78, 5) is 27.3. The number of hydrogen-bond acceptors (Lipinski definition) is 3. The number of hydrogen-bond donors (Lipinski definition) is 1. The molecular formula is C19H27N3O2. The van der Waals surface area contributed by atoms with Crippen LogP contribution in [0.5, 0.6) is 0 Å². The molecule has 0 saturated heterocycles. The Hall–Kier alpha value is -2.30. The van der Waals surface area contributed by atoms with Crippen LogP contribution in [0.3, 0.4) is 0 Å². The molecule has 24 heavy (non-hydrogen) atoms. The van der Waals surface area contributed by atoms with Crippen molar-refractivity contribution in [2.75, 3.05) is 18.8 Å². The van der Waals surface area contributed by atoms with Crippen molar-refractivity contribution in [2.45, 2.75) is 46.6 Å². The average molecular weight is 329 g/mol. The minimum absolute atomic E-state index is 0.209. The van der Waals surface area contributed by atoms with E-state index in [2.05, 4.69) is 6.92 Å². The fraction of sp³-hybridized carbons (Fsp3) is 0.474. The lowest BCUT2D eigenvalue weighted by Gasteiger charge is -2.20. The highest BCUT2D eigenvalue weighted by Crippen LogP contribution is 2.19. The minimum atomic E-state index is -0.272. The molecule has 0 bridgehead atoms. The Labute approximate surface area is 143 Å². The Kier molecular flexibility index (Phi) is 6.01. The van der Waals surface area contributed by atoms with E-state index in [1.54, 1.807) is 17.2 Å². The highest BCUT2D eigenvalue weighted by molar-refractivity contribution is 6.00. The van der Waals surface area contributed by atoms with E-state index < -0.39 is 0 Å². The van der Waals surface area contributed by atoms with Crippen molar-refractivity contribution in [2.24, 2.45) is 0 Å². The fourth-order valence-electron chi connectivity index (χ4n) is 3.01. The van der Waals surface area contributed by atoms with Gasteiger partial charge in [-0.25, -0.2) is 0 Å². The molecule has 0 atom stereocenters. The summed E-state index contributed by atoms with van der Waals surface area (Å²) in [6.45, 7) is 7.90. The minimum Gasteiger partial charge on any atom is -0.398 e. The Bertz CT molecular complexity index is 776. The molecule has 1 heterocycles. The van der Waals surface area contributed by atoms with Crippen LogP contribution in [0.2, 0.25) is 0 Å². The molecule has 0 aliphatic heterocycles. The largest absolute Gasteiger partial charge is 0.398 e. The van der Waals surface area contributed by atoms with Gasteiger partial charge in [-0.2, -0.15) is 0 Å². The first-order valence-corrected chi connectivity index (χ1v) is 8.76. The maximum Gasteiger partial charge on any atom is 0.259 e. The lowest BCUT2D eigenvalue weighted by Crippen LogP contribution is -2.34. The molecular weight excluding hydrogens is 302 g/mol. The number of carbonyl (C=O) groups excluding carboxylic acids is 1. The first-order chi connectivity index (χ1) is 11.5. The zero-order valence-electron chi connectivity index (χ0n) is 14.8. The van der Waals surface area contributed by atoms with Crippen LogP contribution in [0.1, 0.15) is 50.4 Å². The summed E-state index contributed by atoms with van der Waals surface area (Å²) in [5, 5.41) is 0.451. The molecule has 0 radical (unpaired) electrons. The van der Waals surface area contributed by atoms with E-state index >= 15 is 0 Å². The van der Waals surface area contributed by atoms with Crippen LogP contribution in [0.25, 0.3) is 10.9 Å². The Morgan fingerprint density at radius 2 is 1.88 bits per heavy atom. The Balaban J connectivity index is 2.63. The van der Waals surface area contributed by atoms with Gasteiger partial charge in [0.2, 0.25) is 5.43 Å². The van der Waals surface area contributed by atoms with Gasteiger partial charge in [-0.15, -0.1) is 0 Å². The second-order valence-corrected chi connectivity index (χ2v) is 5.99. The summed E-state index contributed by atoms with van der Waals surface area (Å²) < 4.78 is 2.00. The Morgan fingerprint density at radius 1 is 1.17 bits per heavy atom. The number of nitrogen functional groups attached to an aromatic ring is 1. The molecule has 1 aromatic carbocycles. The van der Waals surface area contributed by atoms with Gasteiger partial charge in [0.1, 0.15) is 5.56 Å². The molecule has 1 aromatic heterocycles. The van der Waals surface area contributed by atoms with Gasteiger partial charge in [0, 0.05) is 31.5 Å². The van der Waals surface area contributed by atoms with E-state index in [-0.39, 0.29) is 16.9 Å². The van der Waals surface area contributed by atoms with Crippen LogP contribution in [0.15, 0.2) is 29.2 Å². The van der Waals surface area contributed by atoms with Gasteiger partial charge in [0.15, 0.2) is 0 Å². The molecule has 0 aliphatic rings. The van der Waals surface area contributed by atoms with E-state index in [1.807, 2.05) is 30.5 Å². The van der Waals surface area contributed by atoms with Gasteiger partial charge in [0.25, 0.3) is 5.91 Å². The highest BCUT2D eigenvalue weighted by Gasteiger charge is 2.20. The first-order valence-electron chi connectivity index (χ1n) is 8.76. The normalized spacial score (nSPS) is 11.0. The molecule has 0 saturated carbocycles. The van der Waals surface area contributed by atoms with Crippen LogP contribution in [0.4, 0.5) is 5.69 Å². The highest BCUT2D eigenvalue weighted by atomic mass is 16.2. The van der Waals surface area contributed by atoms with Gasteiger partial charge in [0.05, 0.1) is 10.9 Å². The van der Waals surface area contributed by atoms with Gasteiger partial charge in [-0.3, -0.25) is 9.59 Å². The molecule has 2 aromatic rings. The quantitative estimate of drug-likeness (QED) is 0.626. The molecule has 2 N–H and O–H groups in total. The third-order valence-corrected chi connectivity index (χ3v) is 4.42. The summed E-state index contributed by atoms with van der Waals surface area (Å²) in [5.74, 6) is -0.223. The van der Waals surface area contributed by atoms with Crippen molar-refractivity contribution in [3.05, 3.63) is 40.2 Å². The van der Waals surface area contributed by atoms with Crippen molar-refractivity contribution in [1.82, 2.24) is 9.47 Å². The first kappa shape index (κ1) is 18.0. The zero-order valence-corrected chi connectivity index (χ0v) is 14.8. The third kappa shape index (κ3) is 3.45. The molecule has 130 valence electrons. The monoisotopic (exact) mass is 329 g/mol. The topological polar surface area (TPSA) is 68.3 Å². The number of pyridine rings is 1. The zero-order chi connectivity index (χ0) is 17.7. The molecule has 0 aliphatic carbocycles. The van der Waals surface area contributed by atoms with Crippen LogP contribution < -0.4 is 11.2 Å². The van der Waals surface area contributed by atoms with Crippen molar-refractivity contribution in [1.29, 1.82) is 0 Å². The number of rotatable bonds is 7. The van der Waals surface area contributed by atoms with Crippen molar-refractivity contribution in [3.8, 4) is 0 Å². The van der Waals surface area contributed by atoms with Crippen molar-refractivity contribution >= 4 is 22.5 Å². The summed E-state index contributed by atoms with van der Waals surface area (Å²) in [7, 11) is 0. The van der Waals surface area contributed by atoms with Crippen LogP contribution in [-0.4, -0.2) is 28.5 Å². The molecule has 5 heteroatoms. The third-order valence-electron chi connectivity index (χ3n) is 4.42. The van der Waals surface area contributed by atoms with E-state index in [4.69, 9.17) is 5.73 Å². The number of amides is 1. The lowest BCUT2D eigenvalue weighted by atomic mass is 10.1. The number of nitrogens with two attached hydrogens (primary N) is 1. The predicted molar refractivity (Wildman–Crippen MR) is 99.4 cm³/mol. The summed E-state index contributed by atoms with van der Waals surface area (Å²) in [6, 6.07) is 5.45. The van der Waals surface area contributed by atoms with Crippen molar-refractivity contribution in [3.63, 3.8) is 0 Å². The summed E-state index contributed by atoms with van der Waals surface area (Å²) in [5.41, 5.74) is 7.22. The van der Waals surface area contributed by atoms with Crippen LogP contribution in [0, 0.1) is 0 Å². The standard InChI is InChI=1S/C19H27N3O2/c1-4-7-8-12-22-13-14(19(24)21(5-2)6-3)18(23)17-15(20)10-9-11-16(17)22/h9-11,13H,4-8,12,20H2,1-3H3. The summed E-state index contributed by atoms with van der Waals surface area (Å²) in [6.07, 6.45) is 4.93. The number of carbonyl (C=O) groups is 1.